The molecule has 0 bridgehead atoms. The zero-order valence-corrected chi connectivity index (χ0v) is 10.6. The number of pyridine rings is 1. The minimum absolute atomic E-state index is 0.0105. The summed E-state index contributed by atoms with van der Waals surface area (Å²) in [6, 6.07) is 1.36. The molecule has 2 aromatic heterocycles. The van der Waals surface area contributed by atoms with Crippen LogP contribution >= 0.6 is 11.3 Å². The molecule has 0 fully saturated rings. The van der Waals surface area contributed by atoms with Crippen LogP contribution in [-0.2, 0) is 0 Å². The molecule has 4 nitrogen and oxygen atoms in total. The first kappa shape index (κ1) is 12.6. The fourth-order valence-electron chi connectivity index (χ4n) is 1.47. The fourth-order valence-corrected chi connectivity index (χ4v) is 2.16. The number of carbonyl (C=O) groups excluding carboxylic acids is 1. The second kappa shape index (κ2) is 5.68. The number of carbonyl (C=O) groups is 1. The summed E-state index contributed by atoms with van der Waals surface area (Å²) in [4.78, 5) is 19.5. The highest BCUT2D eigenvalue weighted by Gasteiger charge is 2.13. The van der Waals surface area contributed by atoms with Gasteiger partial charge in [0, 0.05) is 30.2 Å². The lowest BCUT2D eigenvalue weighted by Gasteiger charge is -2.10. The molecular weight excluding hydrogens is 253 g/mol. The van der Waals surface area contributed by atoms with Gasteiger partial charge < -0.3 is 5.32 Å². The zero-order chi connectivity index (χ0) is 13.0. The van der Waals surface area contributed by atoms with E-state index >= 15 is 0 Å². The highest BCUT2D eigenvalue weighted by atomic mass is 32.1. The first-order chi connectivity index (χ1) is 8.68. The van der Waals surface area contributed by atoms with Gasteiger partial charge in [-0.1, -0.05) is 6.92 Å². The maximum atomic E-state index is 13.3. The molecule has 0 saturated heterocycles. The van der Waals surface area contributed by atoms with Crippen LogP contribution in [0.5, 0.6) is 0 Å². The first-order valence-electron chi connectivity index (χ1n) is 5.45. The van der Waals surface area contributed by atoms with Crippen molar-refractivity contribution in [3.05, 3.63) is 46.4 Å². The number of nitrogens with one attached hydrogen (secondary N) is 1. The van der Waals surface area contributed by atoms with Gasteiger partial charge in [-0.15, -0.1) is 11.3 Å². The maximum absolute atomic E-state index is 13.3. The molecular formula is C12H12FN3OS. The van der Waals surface area contributed by atoms with E-state index in [1.54, 1.807) is 6.20 Å². The Labute approximate surface area is 108 Å². The number of thiazole rings is 1. The summed E-state index contributed by atoms with van der Waals surface area (Å²) < 4.78 is 13.3. The second-order valence-corrected chi connectivity index (χ2v) is 4.76. The van der Waals surface area contributed by atoms with E-state index in [0.29, 0.717) is 6.54 Å². The molecule has 1 unspecified atom stereocenters. The van der Waals surface area contributed by atoms with Gasteiger partial charge in [0.25, 0.3) is 5.91 Å². The molecule has 0 aliphatic heterocycles. The molecule has 1 N–H and O–H groups in total. The molecule has 1 atom stereocenters. The summed E-state index contributed by atoms with van der Waals surface area (Å²) in [6.07, 6.45) is 4.14. The van der Waals surface area contributed by atoms with Crippen molar-refractivity contribution < 1.29 is 9.18 Å². The SMILES string of the molecule is CC(CNC(=O)c1ccncc1F)c1nccs1. The third-order valence-corrected chi connectivity index (χ3v) is 3.47. The number of rotatable bonds is 4. The highest BCUT2D eigenvalue weighted by Crippen LogP contribution is 2.16. The van der Waals surface area contributed by atoms with Gasteiger partial charge in [-0.3, -0.25) is 9.78 Å². The molecule has 0 saturated carbocycles. The van der Waals surface area contributed by atoms with E-state index in [2.05, 4.69) is 15.3 Å². The largest absolute Gasteiger partial charge is 0.351 e. The van der Waals surface area contributed by atoms with E-state index in [9.17, 15) is 9.18 Å². The molecule has 2 aromatic rings. The normalized spacial score (nSPS) is 12.1. The van der Waals surface area contributed by atoms with E-state index < -0.39 is 11.7 Å². The number of aromatic nitrogens is 2. The molecule has 0 aromatic carbocycles. The summed E-state index contributed by atoms with van der Waals surface area (Å²) in [5.41, 5.74) is 0.0105. The fraction of sp³-hybridized carbons (Fsp3) is 0.250. The van der Waals surface area contributed by atoms with Crippen LogP contribution in [0.1, 0.15) is 28.2 Å². The molecule has 2 heterocycles. The third kappa shape index (κ3) is 2.89. The number of hydrogen-bond donors (Lipinski definition) is 1. The molecule has 1 amide bonds. The van der Waals surface area contributed by atoms with Crippen LogP contribution in [0.3, 0.4) is 0 Å². The molecule has 0 radical (unpaired) electrons. The van der Waals surface area contributed by atoms with Crippen molar-refractivity contribution in [2.45, 2.75) is 12.8 Å². The number of nitrogens with zero attached hydrogens (tertiary/aromatic N) is 2. The maximum Gasteiger partial charge on any atom is 0.254 e. The Hall–Kier alpha value is -1.82. The average Bonchev–Trinajstić information content (AvgIpc) is 2.90. The summed E-state index contributed by atoms with van der Waals surface area (Å²) in [5.74, 6) is -0.936. The van der Waals surface area contributed by atoms with Crippen molar-refractivity contribution >= 4 is 17.2 Å². The second-order valence-electron chi connectivity index (χ2n) is 3.84. The van der Waals surface area contributed by atoms with Crippen LogP contribution in [0, 0.1) is 5.82 Å². The van der Waals surface area contributed by atoms with Gasteiger partial charge >= 0.3 is 0 Å². The Morgan fingerprint density at radius 3 is 3.06 bits per heavy atom. The van der Waals surface area contributed by atoms with E-state index in [0.717, 1.165) is 11.2 Å². The Bertz CT molecular complexity index is 530. The van der Waals surface area contributed by atoms with Gasteiger partial charge in [-0.25, -0.2) is 9.37 Å². The van der Waals surface area contributed by atoms with E-state index in [1.807, 2.05) is 12.3 Å². The Morgan fingerprint density at radius 2 is 2.39 bits per heavy atom. The smallest absolute Gasteiger partial charge is 0.254 e. The van der Waals surface area contributed by atoms with Crippen molar-refractivity contribution in [2.75, 3.05) is 6.54 Å². The van der Waals surface area contributed by atoms with Crippen molar-refractivity contribution in [2.24, 2.45) is 0 Å². The Morgan fingerprint density at radius 1 is 1.56 bits per heavy atom. The molecule has 94 valence electrons. The van der Waals surface area contributed by atoms with Crippen LogP contribution in [0.25, 0.3) is 0 Å². The lowest BCUT2D eigenvalue weighted by Crippen LogP contribution is -2.28. The van der Waals surface area contributed by atoms with Gasteiger partial charge in [0.1, 0.15) is 0 Å². The van der Waals surface area contributed by atoms with Crippen LogP contribution in [0.2, 0.25) is 0 Å². The van der Waals surface area contributed by atoms with Crippen LogP contribution in [-0.4, -0.2) is 22.4 Å². The summed E-state index contributed by atoms with van der Waals surface area (Å²) in [6.45, 7) is 2.39. The van der Waals surface area contributed by atoms with Gasteiger partial charge in [-0.05, 0) is 6.07 Å². The monoisotopic (exact) mass is 265 g/mol. The average molecular weight is 265 g/mol. The molecule has 6 heteroatoms. The number of hydrogen-bond acceptors (Lipinski definition) is 4. The van der Waals surface area contributed by atoms with Crippen LogP contribution in [0.15, 0.2) is 30.0 Å². The minimum Gasteiger partial charge on any atom is -0.351 e. The number of amides is 1. The zero-order valence-electron chi connectivity index (χ0n) is 9.76. The molecule has 18 heavy (non-hydrogen) atoms. The summed E-state index contributed by atoms with van der Waals surface area (Å²) in [7, 11) is 0. The van der Waals surface area contributed by atoms with Gasteiger partial charge in [0.15, 0.2) is 5.82 Å². The van der Waals surface area contributed by atoms with Gasteiger partial charge in [0.05, 0.1) is 16.8 Å². The van der Waals surface area contributed by atoms with Crippen molar-refractivity contribution in [3.8, 4) is 0 Å². The van der Waals surface area contributed by atoms with Gasteiger partial charge in [-0.2, -0.15) is 0 Å². The van der Waals surface area contributed by atoms with Gasteiger partial charge in [0.2, 0.25) is 0 Å². The molecule has 0 spiro atoms. The lowest BCUT2D eigenvalue weighted by atomic mass is 10.2. The first-order valence-corrected chi connectivity index (χ1v) is 6.33. The van der Waals surface area contributed by atoms with Crippen LogP contribution in [0.4, 0.5) is 4.39 Å². The summed E-state index contributed by atoms with van der Waals surface area (Å²) >= 11 is 1.54. The molecule has 2 rings (SSSR count). The van der Waals surface area contributed by atoms with Crippen LogP contribution < -0.4 is 5.32 Å². The van der Waals surface area contributed by atoms with Crippen molar-refractivity contribution in [1.82, 2.24) is 15.3 Å². The minimum atomic E-state index is -0.614. The lowest BCUT2D eigenvalue weighted by molar-refractivity contribution is 0.0947. The topological polar surface area (TPSA) is 54.9 Å². The van der Waals surface area contributed by atoms with E-state index in [-0.39, 0.29) is 11.5 Å². The Kier molecular flexibility index (Phi) is 3.99. The summed E-state index contributed by atoms with van der Waals surface area (Å²) in [5, 5.41) is 5.52. The molecule has 0 aliphatic carbocycles. The third-order valence-electron chi connectivity index (χ3n) is 2.46. The standard InChI is InChI=1S/C12H12FN3OS/c1-8(12-15-4-5-18-12)6-16-11(17)9-2-3-14-7-10(9)13/h2-5,7-8H,6H2,1H3,(H,16,17). The van der Waals surface area contributed by atoms with E-state index in [4.69, 9.17) is 0 Å². The predicted octanol–water partition coefficient (Wildman–Crippen LogP) is 2.21. The quantitative estimate of drug-likeness (QED) is 0.922. The predicted molar refractivity (Wildman–Crippen MR) is 67.1 cm³/mol. The van der Waals surface area contributed by atoms with E-state index in [1.165, 1.54) is 23.6 Å². The molecule has 0 aliphatic rings. The highest BCUT2D eigenvalue weighted by molar-refractivity contribution is 7.09. The van der Waals surface area contributed by atoms with Crippen molar-refractivity contribution in [1.29, 1.82) is 0 Å². The Balaban J connectivity index is 1.95. The number of halogens is 1. The van der Waals surface area contributed by atoms with Crippen molar-refractivity contribution in [3.63, 3.8) is 0 Å².